The first-order valence-corrected chi connectivity index (χ1v) is 6.34. The number of benzene rings is 2. The summed E-state index contributed by atoms with van der Waals surface area (Å²) in [6.45, 7) is 0. The van der Waals surface area contributed by atoms with Gasteiger partial charge < -0.3 is 0 Å². The summed E-state index contributed by atoms with van der Waals surface area (Å²) in [4.78, 5) is 23.2. The van der Waals surface area contributed by atoms with Crippen LogP contribution in [0.5, 0.6) is 0 Å². The summed E-state index contributed by atoms with van der Waals surface area (Å²) in [5, 5.41) is 0.566. The van der Waals surface area contributed by atoms with E-state index in [4.69, 9.17) is 11.6 Å². The zero-order valence-corrected chi connectivity index (χ0v) is 11.5. The first-order chi connectivity index (χ1) is 8.61. The smallest absolute Gasteiger partial charge is 0.193 e. The molecule has 0 saturated heterocycles. The van der Waals surface area contributed by atoms with Crippen molar-refractivity contribution in [3.8, 4) is 0 Å². The Balaban J connectivity index is 2.48. The molecular weight excluding hydrogens is 316 g/mol. The number of halogens is 2. The number of rotatable bonds is 3. The van der Waals surface area contributed by atoms with Gasteiger partial charge in [-0.05, 0) is 42.5 Å². The highest BCUT2D eigenvalue weighted by Crippen LogP contribution is 2.20. The average molecular weight is 324 g/mol. The van der Waals surface area contributed by atoms with Crippen LogP contribution in [-0.2, 0) is 0 Å². The molecule has 0 radical (unpaired) electrons. The van der Waals surface area contributed by atoms with E-state index in [1.807, 2.05) is 0 Å². The minimum absolute atomic E-state index is 0.199. The molecule has 0 aliphatic carbocycles. The van der Waals surface area contributed by atoms with Gasteiger partial charge in [0.25, 0.3) is 0 Å². The third kappa shape index (κ3) is 2.68. The van der Waals surface area contributed by atoms with Gasteiger partial charge in [0.05, 0.1) is 0 Å². The highest BCUT2D eigenvalue weighted by molar-refractivity contribution is 9.10. The quantitative estimate of drug-likeness (QED) is 0.628. The minimum Gasteiger partial charge on any atom is -0.298 e. The summed E-state index contributed by atoms with van der Waals surface area (Å²) in [7, 11) is 0. The van der Waals surface area contributed by atoms with Crippen LogP contribution in [0, 0.1) is 0 Å². The number of hydrogen-bond acceptors (Lipinski definition) is 2. The zero-order chi connectivity index (χ0) is 13.1. The maximum atomic E-state index is 12.3. The third-order valence-corrected chi connectivity index (χ3v) is 3.24. The maximum Gasteiger partial charge on any atom is 0.193 e. The lowest BCUT2D eigenvalue weighted by molar-refractivity contribution is 0.102. The number of hydrogen-bond donors (Lipinski definition) is 0. The molecule has 0 aromatic heterocycles. The van der Waals surface area contributed by atoms with E-state index in [1.54, 1.807) is 42.5 Å². The van der Waals surface area contributed by atoms with E-state index < -0.39 is 0 Å². The number of aldehydes is 1. The van der Waals surface area contributed by atoms with Crippen molar-refractivity contribution in [2.45, 2.75) is 0 Å². The Hall–Kier alpha value is -1.45. The Labute approximate surface area is 118 Å². The highest BCUT2D eigenvalue weighted by Gasteiger charge is 2.13. The predicted molar refractivity (Wildman–Crippen MR) is 74.4 cm³/mol. The van der Waals surface area contributed by atoms with Crippen LogP contribution in [0.1, 0.15) is 26.3 Å². The number of ketones is 1. The van der Waals surface area contributed by atoms with Crippen molar-refractivity contribution in [2.24, 2.45) is 0 Å². The van der Waals surface area contributed by atoms with E-state index in [0.29, 0.717) is 28.0 Å². The molecule has 2 rings (SSSR count). The molecular formula is C14H8BrClO2. The molecule has 0 amide bonds. The number of carbonyl (C=O) groups is 2. The van der Waals surface area contributed by atoms with Gasteiger partial charge in [-0.15, -0.1) is 0 Å². The molecule has 2 nitrogen and oxygen atoms in total. The van der Waals surface area contributed by atoms with Gasteiger partial charge in [0, 0.05) is 26.2 Å². The lowest BCUT2D eigenvalue weighted by atomic mass is 9.99. The molecule has 0 N–H and O–H groups in total. The zero-order valence-electron chi connectivity index (χ0n) is 9.19. The van der Waals surface area contributed by atoms with Crippen molar-refractivity contribution >= 4 is 39.6 Å². The van der Waals surface area contributed by atoms with Crippen LogP contribution in [0.3, 0.4) is 0 Å². The first-order valence-electron chi connectivity index (χ1n) is 5.17. The van der Waals surface area contributed by atoms with E-state index >= 15 is 0 Å². The SMILES string of the molecule is O=Cc1ccc(Br)cc1C(=O)c1ccc(Cl)cc1. The first kappa shape index (κ1) is 13.0. The molecule has 0 spiro atoms. The van der Waals surface area contributed by atoms with E-state index in [0.717, 1.165) is 4.47 Å². The van der Waals surface area contributed by atoms with E-state index in [2.05, 4.69) is 15.9 Å². The fourth-order valence-corrected chi connectivity index (χ4v) is 2.07. The van der Waals surface area contributed by atoms with Crippen molar-refractivity contribution in [3.05, 3.63) is 68.7 Å². The predicted octanol–water partition coefficient (Wildman–Crippen LogP) is 4.15. The Morgan fingerprint density at radius 1 is 1.11 bits per heavy atom. The van der Waals surface area contributed by atoms with Crippen LogP contribution in [0.4, 0.5) is 0 Å². The maximum absolute atomic E-state index is 12.3. The summed E-state index contributed by atoms with van der Waals surface area (Å²) < 4.78 is 0.755. The summed E-state index contributed by atoms with van der Waals surface area (Å²) in [6.07, 6.45) is 0.676. The van der Waals surface area contributed by atoms with Crippen molar-refractivity contribution in [3.63, 3.8) is 0 Å². The van der Waals surface area contributed by atoms with E-state index in [1.165, 1.54) is 0 Å². The van der Waals surface area contributed by atoms with Crippen molar-refractivity contribution < 1.29 is 9.59 Å². The molecule has 0 aliphatic heterocycles. The van der Waals surface area contributed by atoms with Gasteiger partial charge in [-0.25, -0.2) is 0 Å². The van der Waals surface area contributed by atoms with Crippen LogP contribution < -0.4 is 0 Å². The molecule has 0 atom stereocenters. The van der Waals surface area contributed by atoms with Crippen LogP contribution >= 0.6 is 27.5 Å². The lowest BCUT2D eigenvalue weighted by Crippen LogP contribution is -2.05. The van der Waals surface area contributed by atoms with Crippen molar-refractivity contribution in [1.82, 2.24) is 0 Å². The normalized spacial score (nSPS) is 10.1. The molecule has 2 aromatic rings. The van der Waals surface area contributed by atoms with Gasteiger partial charge in [0.2, 0.25) is 0 Å². The molecule has 0 heterocycles. The third-order valence-electron chi connectivity index (χ3n) is 2.49. The Morgan fingerprint density at radius 3 is 2.39 bits per heavy atom. The Bertz CT molecular complexity index is 606. The molecule has 4 heteroatoms. The molecule has 0 bridgehead atoms. The van der Waals surface area contributed by atoms with Gasteiger partial charge >= 0.3 is 0 Å². The second kappa shape index (κ2) is 5.46. The summed E-state index contributed by atoms with van der Waals surface area (Å²) in [5.74, 6) is -0.199. The Kier molecular flexibility index (Phi) is 3.94. The van der Waals surface area contributed by atoms with Crippen molar-refractivity contribution in [1.29, 1.82) is 0 Å². The van der Waals surface area contributed by atoms with Crippen LogP contribution in [-0.4, -0.2) is 12.1 Å². The monoisotopic (exact) mass is 322 g/mol. The fourth-order valence-electron chi connectivity index (χ4n) is 1.58. The van der Waals surface area contributed by atoms with E-state index in [9.17, 15) is 9.59 Å². The Morgan fingerprint density at radius 2 is 1.78 bits per heavy atom. The largest absolute Gasteiger partial charge is 0.298 e. The fraction of sp³-hybridized carbons (Fsp3) is 0. The van der Waals surface area contributed by atoms with Gasteiger partial charge in [-0.1, -0.05) is 27.5 Å². The molecule has 0 aliphatic rings. The molecule has 2 aromatic carbocycles. The minimum atomic E-state index is -0.199. The molecule has 18 heavy (non-hydrogen) atoms. The van der Waals surface area contributed by atoms with Crippen LogP contribution in [0.25, 0.3) is 0 Å². The van der Waals surface area contributed by atoms with Crippen LogP contribution in [0.15, 0.2) is 46.9 Å². The van der Waals surface area contributed by atoms with Gasteiger partial charge in [0.1, 0.15) is 0 Å². The van der Waals surface area contributed by atoms with Crippen LogP contribution in [0.2, 0.25) is 5.02 Å². The second-order valence-electron chi connectivity index (χ2n) is 3.69. The second-order valence-corrected chi connectivity index (χ2v) is 5.04. The standard InChI is InChI=1S/C14H8BrClO2/c15-11-4-1-10(8-17)13(7-11)14(18)9-2-5-12(16)6-3-9/h1-8H. The molecule has 0 unspecified atom stereocenters. The van der Waals surface area contributed by atoms with Crippen molar-refractivity contribution in [2.75, 3.05) is 0 Å². The lowest BCUT2D eigenvalue weighted by Gasteiger charge is -2.05. The molecule has 0 fully saturated rings. The van der Waals surface area contributed by atoms with Gasteiger partial charge in [0.15, 0.2) is 12.1 Å². The van der Waals surface area contributed by atoms with Gasteiger partial charge in [-0.2, -0.15) is 0 Å². The highest BCUT2D eigenvalue weighted by atomic mass is 79.9. The molecule has 90 valence electrons. The van der Waals surface area contributed by atoms with Gasteiger partial charge in [-0.3, -0.25) is 9.59 Å². The summed E-state index contributed by atoms with van der Waals surface area (Å²) in [6, 6.07) is 11.5. The number of carbonyl (C=O) groups excluding carboxylic acids is 2. The molecule has 0 saturated carbocycles. The summed E-state index contributed by atoms with van der Waals surface area (Å²) in [5.41, 5.74) is 1.25. The summed E-state index contributed by atoms with van der Waals surface area (Å²) >= 11 is 9.06. The van der Waals surface area contributed by atoms with E-state index in [-0.39, 0.29) is 5.78 Å². The average Bonchev–Trinajstić information content (AvgIpc) is 2.39. The topological polar surface area (TPSA) is 34.1 Å².